The lowest BCUT2D eigenvalue weighted by molar-refractivity contribution is -0.137. The Morgan fingerprint density at radius 3 is 2.71 bits per heavy atom. The van der Waals surface area contributed by atoms with Gasteiger partial charge in [0.1, 0.15) is 11.6 Å². The lowest BCUT2D eigenvalue weighted by Gasteiger charge is -2.21. The van der Waals surface area contributed by atoms with Crippen molar-refractivity contribution in [1.29, 1.82) is 0 Å². The Hall–Kier alpha value is -2.98. The van der Waals surface area contributed by atoms with Crippen LogP contribution in [-0.2, 0) is 6.18 Å². The minimum absolute atomic E-state index is 0.0725. The summed E-state index contributed by atoms with van der Waals surface area (Å²) >= 11 is 0. The molecule has 1 amide bonds. The molecule has 1 aliphatic heterocycles. The third kappa shape index (κ3) is 4.12. The molecule has 2 aromatic heterocycles. The van der Waals surface area contributed by atoms with Crippen molar-refractivity contribution in [1.82, 2.24) is 25.5 Å². The lowest BCUT2D eigenvalue weighted by atomic mass is 10.2. The van der Waals surface area contributed by atoms with Gasteiger partial charge in [0.15, 0.2) is 0 Å². The quantitative estimate of drug-likeness (QED) is 0.817. The monoisotopic (exact) mass is 395 g/mol. The average molecular weight is 395 g/mol. The number of nitrogens with zero attached hydrogens (tertiary/aromatic N) is 5. The SMILES string of the molecule is CNC(=O)c1nc(C)c(C)c(N2CC[C@@H](Nc3cc(C(F)(F)F)cnn3)C2)n1. The topological polar surface area (TPSA) is 95.9 Å². The van der Waals surface area contributed by atoms with E-state index in [-0.39, 0.29) is 23.6 Å². The first kappa shape index (κ1) is 19.8. The highest BCUT2D eigenvalue weighted by molar-refractivity contribution is 5.90. The zero-order chi connectivity index (χ0) is 20.5. The van der Waals surface area contributed by atoms with Gasteiger partial charge in [-0.05, 0) is 26.3 Å². The van der Waals surface area contributed by atoms with Crippen LogP contribution in [0.5, 0.6) is 0 Å². The number of rotatable bonds is 4. The Balaban J connectivity index is 1.76. The Bertz CT molecular complexity index is 888. The van der Waals surface area contributed by atoms with E-state index in [1.54, 1.807) is 6.92 Å². The van der Waals surface area contributed by atoms with Gasteiger partial charge < -0.3 is 15.5 Å². The van der Waals surface area contributed by atoms with Gasteiger partial charge >= 0.3 is 6.18 Å². The summed E-state index contributed by atoms with van der Waals surface area (Å²) in [6.45, 7) is 4.81. The summed E-state index contributed by atoms with van der Waals surface area (Å²) in [5.41, 5.74) is 0.702. The summed E-state index contributed by atoms with van der Waals surface area (Å²) in [5, 5.41) is 12.7. The maximum Gasteiger partial charge on any atom is 0.418 e. The van der Waals surface area contributed by atoms with E-state index >= 15 is 0 Å². The van der Waals surface area contributed by atoms with Gasteiger partial charge in [-0.1, -0.05) is 0 Å². The van der Waals surface area contributed by atoms with Crippen LogP contribution in [0, 0.1) is 13.8 Å². The van der Waals surface area contributed by atoms with Crippen molar-refractivity contribution in [3.05, 3.63) is 34.9 Å². The molecule has 1 atom stereocenters. The molecule has 8 nitrogen and oxygen atoms in total. The maximum atomic E-state index is 12.8. The van der Waals surface area contributed by atoms with Gasteiger partial charge in [-0.25, -0.2) is 9.97 Å². The van der Waals surface area contributed by atoms with E-state index in [0.29, 0.717) is 37.2 Å². The molecule has 2 N–H and O–H groups in total. The Morgan fingerprint density at radius 1 is 1.29 bits per heavy atom. The first-order chi connectivity index (χ1) is 13.2. The molecule has 0 aliphatic carbocycles. The van der Waals surface area contributed by atoms with Crippen molar-refractivity contribution >= 4 is 17.5 Å². The molecule has 0 radical (unpaired) electrons. The minimum Gasteiger partial charge on any atom is -0.364 e. The van der Waals surface area contributed by atoms with Crippen LogP contribution < -0.4 is 15.5 Å². The van der Waals surface area contributed by atoms with E-state index in [1.807, 2.05) is 11.8 Å². The number of carbonyl (C=O) groups excluding carboxylic acids is 1. The highest BCUT2D eigenvalue weighted by Gasteiger charge is 2.32. The summed E-state index contributed by atoms with van der Waals surface area (Å²) in [4.78, 5) is 22.4. The van der Waals surface area contributed by atoms with Gasteiger partial charge in [-0.15, -0.1) is 5.10 Å². The average Bonchev–Trinajstić information content (AvgIpc) is 3.11. The van der Waals surface area contributed by atoms with Crippen LogP contribution in [0.2, 0.25) is 0 Å². The molecule has 1 fully saturated rings. The first-order valence-corrected chi connectivity index (χ1v) is 8.67. The number of anilines is 2. The molecule has 3 rings (SSSR count). The van der Waals surface area contributed by atoms with Crippen LogP contribution in [0.15, 0.2) is 12.3 Å². The van der Waals surface area contributed by atoms with E-state index in [1.165, 1.54) is 7.05 Å². The third-order valence-electron chi connectivity index (χ3n) is 4.62. The number of halogens is 3. The van der Waals surface area contributed by atoms with Crippen LogP contribution in [0.25, 0.3) is 0 Å². The highest BCUT2D eigenvalue weighted by atomic mass is 19.4. The number of alkyl halides is 3. The number of carbonyl (C=O) groups is 1. The van der Waals surface area contributed by atoms with Gasteiger partial charge in [0, 0.05) is 37.4 Å². The van der Waals surface area contributed by atoms with E-state index in [9.17, 15) is 18.0 Å². The predicted molar refractivity (Wildman–Crippen MR) is 96.2 cm³/mol. The van der Waals surface area contributed by atoms with E-state index < -0.39 is 11.7 Å². The molecule has 0 bridgehead atoms. The molecule has 2 aromatic rings. The molecule has 150 valence electrons. The smallest absolute Gasteiger partial charge is 0.364 e. The molecular formula is C17H20F3N7O. The van der Waals surface area contributed by atoms with Crippen LogP contribution in [0.1, 0.15) is 33.9 Å². The van der Waals surface area contributed by atoms with Crippen LogP contribution in [0.3, 0.4) is 0 Å². The molecule has 0 spiro atoms. The standard InChI is InChI=1S/C17H20F3N7O/c1-9-10(2)23-14(16(28)21-3)25-15(9)27-5-4-12(8-27)24-13-6-11(7-22-26-13)17(18,19)20/h6-7,12H,4-5,8H2,1-3H3,(H,21,28)(H,24,26)/t12-/m1/s1. The first-order valence-electron chi connectivity index (χ1n) is 8.67. The number of aryl methyl sites for hydroxylation is 1. The third-order valence-corrected chi connectivity index (χ3v) is 4.62. The lowest BCUT2D eigenvalue weighted by Crippen LogP contribution is -2.29. The molecule has 3 heterocycles. The number of amides is 1. The van der Waals surface area contributed by atoms with Crippen molar-refractivity contribution in [2.24, 2.45) is 0 Å². The fraction of sp³-hybridized carbons (Fsp3) is 0.471. The molecule has 28 heavy (non-hydrogen) atoms. The summed E-state index contributed by atoms with van der Waals surface area (Å²) in [7, 11) is 1.51. The molecular weight excluding hydrogens is 375 g/mol. The Morgan fingerprint density at radius 2 is 2.04 bits per heavy atom. The van der Waals surface area contributed by atoms with Crippen molar-refractivity contribution < 1.29 is 18.0 Å². The zero-order valence-corrected chi connectivity index (χ0v) is 15.6. The van der Waals surface area contributed by atoms with Crippen molar-refractivity contribution in [3.8, 4) is 0 Å². The van der Waals surface area contributed by atoms with Crippen molar-refractivity contribution in [2.45, 2.75) is 32.5 Å². The van der Waals surface area contributed by atoms with Gasteiger partial charge in [-0.3, -0.25) is 4.79 Å². The van der Waals surface area contributed by atoms with Crippen LogP contribution in [0.4, 0.5) is 24.8 Å². The molecule has 11 heteroatoms. The van der Waals surface area contributed by atoms with Gasteiger partial charge in [-0.2, -0.15) is 18.3 Å². The minimum atomic E-state index is -4.47. The summed E-state index contributed by atoms with van der Waals surface area (Å²) in [5.74, 6) is 0.423. The van der Waals surface area contributed by atoms with Crippen molar-refractivity contribution in [2.75, 3.05) is 30.4 Å². The fourth-order valence-electron chi connectivity index (χ4n) is 3.01. The molecule has 1 aliphatic rings. The fourth-order valence-corrected chi connectivity index (χ4v) is 3.01. The normalized spacial score (nSPS) is 16.9. The second-order valence-corrected chi connectivity index (χ2v) is 6.56. The van der Waals surface area contributed by atoms with Crippen LogP contribution >= 0.6 is 0 Å². The predicted octanol–water partition coefficient (Wildman–Crippen LogP) is 1.95. The van der Waals surface area contributed by atoms with E-state index in [2.05, 4.69) is 30.8 Å². The van der Waals surface area contributed by atoms with Crippen molar-refractivity contribution in [3.63, 3.8) is 0 Å². The number of hydrogen-bond donors (Lipinski definition) is 2. The Kier molecular flexibility index (Phi) is 5.34. The summed E-state index contributed by atoms with van der Waals surface area (Å²) < 4.78 is 38.5. The molecule has 0 aromatic carbocycles. The second kappa shape index (κ2) is 7.56. The summed E-state index contributed by atoms with van der Waals surface area (Å²) in [6, 6.07) is 0.815. The maximum absolute atomic E-state index is 12.8. The van der Waals surface area contributed by atoms with Gasteiger partial charge in [0.2, 0.25) is 5.82 Å². The van der Waals surface area contributed by atoms with E-state index in [4.69, 9.17) is 0 Å². The second-order valence-electron chi connectivity index (χ2n) is 6.56. The number of hydrogen-bond acceptors (Lipinski definition) is 7. The largest absolute Gasteiger partial charge is 0.418 e. The highest BCUT2D eigenvalue weighted by Crippen LogP contribution is 2.30. The van der Waals surface area contributed by atoms with E-state index in [0.717, 1.165) is 11.6 Å². The molecule has 0 saturated carbocycles. The number of aromatic nitrogens is 4. The number of nitrogens with one attached hydrogen (secondary N) is 2. The Labute approximate surface area is 159 Å². The van der Waals surface area contributed by atoms with Gasteiger partial charge in [0.25, 0.3) is 5.91 Å². The molecule has 1 saturated heterocycles. The molecule has 0 unspecified atom stereocenters. The van der Waals surface area contributed by atoms with Gasteiger partial charge in [0.05, 0.1) is 11.8 Å². The zero-order valence-electron chi connectivity index (χ0n) is 15.6. The van der Waals surface area contributed by atoms with Crippen LogP contribution in [-0.4, -0.2) is 52.3 Å². The summed E-state index contributed by atoms with van der Waals surface area (Å²) in [6.07, 6.45) is -3.10.